The number of carbonyl (C=O) groups excluding carboxylic acids is 3. The number of thioether (sulfide) groups is 1. The first-order valence-corrected chi connectivity index (χ1v) is 11.2. The standard InChI is InChI=1S/C23H21N3O3S2/c1-2-12-25-22(29)20(31-23(25)30)19-16-10-6-7-11-17(16)26(21(19)28)14-18(27)24-13-15-8-4-3-5-9-15/h3-11H,2,12-14H2,1H3,(H,24,27)/b20-19+. The van der Waals surface area contributed by atoms with Crippen LogP contribution in [0.15, 0.2) is 59.5 Å². The maximum Gasteiger partial charge on any atom is 0.267 e. The van der Waals surface area contributed by atoms with Gasteiger partial charge in [-0.15, -0.1) is 0 Å². The summed E-state index contributed by atoms with van der Waals surface area (Å²) in [6.07, 6.45) is 0.771. The number of para-hydroxylation sites is 1. The minimum Gasteiger partial charge on any atom is -0.350 e. The molecule has 31 heavy (non-hydrogen) atoms. The molecule has 0 radical (unpaired) electrons. The van der Waals surface area contributed by atoms with Gasteiger partial charge in [0, 0.05) is 18.7 Å². The minimum absolute atomic E-state index is 0.124. The molecule has 0 spiro atoms. The van der Waals surface area contributed by atoms with Crippen LogP contribution < -0.4 is 10.2 Å². The summed E-state index contributed by atoms with van der Waals surface area (Å²) in [5.41, 5.74) is 2.57. The Morgan fingerprint density at radius 2 is 1.71 bits per heavy atom. The van der Waals surface area contributed by atoms with Gasteiger partial charge >= 0.3 is 0 Å². The largest absolute Gasteiger partial charge is 0.350 e. The van der Waals surface area contributed by atoms with Crippen LogP contribution in [0.4, 0.5) is 5.69 Å². The van der Waals surface area contributed by atoms with E-state index < -0.39 is 0 Å². The summed E-state index contributed by atoms with van der Waals surface area (Å²) < 4.78 is 0.457. The zero-order chi connectivity index (χ0) is 22.0. The second kappa shape index (κ2) is 9.03. The predicted octanol–water partition coefficient (Wildman–Crippen LogP) is 3.33. The Kier molecular flexibility index (Phi) is 6.20. The van der Waals surface area contributed by atoms with Crippen molar-refractivity contribution in [3.05, 3.63) is 70.6 Å². The van der Waals surface area contributed by atoms with Crippen molar-refractivity contribution < 1.29 is 14.4 Å². The molecule has 8 heteroatoms. The van der Waals surface area contributed by atoms with E-state index in [1.807, 2.05) is 49.4 Å². The summed E-state index contributed by atoms with van der Waals surface area (Å²) in [5.74, 6) is -0.870. The van der Waals surface area contributed by atoms with Gasteiger partial charge in [0.05, 0.1) is 16.2 Å². The van der Waals surface area contributed by atoms with Crippen molar-refractivity contribution in [2.24, 2.45) is 0 Å². The van der Waals surface area contributed by atoms with Crippen molar-refractivity contribution in [2.45, 2.75) is 19.9 Å². The smallest absolute Gasteiger partial charge is 0.267 e. The fourth-order valence-electron chi connectivity index (χ4n) is 3.62. The Balaban J connectivity index is 1.59. The van der Waals surface area contributed by atoms with Crippen molar-refractivity contribution in [3.8, 4) is 0 Å². The molecule has 1 saturated heterocycles. The first kappa shape index (κ1) is 21.3. The van der Waals surface area contributed by atoms with E-state index in [4.69, 9.17) is 12.2 Å². The first-order valence-electron chi connectivity index (χ1n) is 10.0. The molecule has 4 rings (SSSR count). The fraction of sp³-hybridized carbons (Fsp3) is 0.217. The number of hydrogen-bond acceptors (Lipinski definition) is 5. The first-order chi connectivity index (χ1) is 15.0. The Morgan fingerprint density at radius 1 is 1.00 bits per heavy atom. The Hall–Kier alpha value is -2.97. The summed E-state index contributed by atoms with van der Waals surface area (Å²) in [6.45, 7) is 2.74. The molecule has 0 saturated carbocycles. The average Bonchev–Trinajstić information content (AvgIpc) is 3.21. The summed E-state index contributed by atoms with van der Waals surface area (Å²) in [4.78, 5) is 42.2. The highest BCUT2D eigenvalue weighted by molar-refractivity contribution is 8.26. The normalized spacial score (nSPS) is 18.0. The summed E-state index contributed by atoms with van der Waals surface area (Å²) in [5, 5.41) is 2.85. The Morgan fingerprint density at radius 3 is 2.45 bits per heavy atom. The summed E-state index contributed by atoms with van der Waals surface area (Å²) >= 11 is 6.51. The van der Waals surface area contributed by atoms with Crippen LogP contribution in [0.2, 0.25) is 0 Å². The number of rotatable bonds is 6. The van der Waals surface area contributed by atoms with Crippen LogP contribution in [0.5, 0.6) is 0 Å². The van der Waals surface area contributed by atoms with Crippen molar-refractivity contribution in [3.63, 3.8) is 0 Å². The molecule has 0 bridgehead atoms. The molecule has 0 aromatic heterocycles. The number of anilines is 1. The number of benzene rings is 2. The molecule has 0 aliphatic carbocycles. The van der Waals surface area contributed by atoms with E-state index >= 15 is 0 Å². The van der Waals surface area contributed by atoms with Gasteiger partial charge in [-0.2, -0.15) is 0 Å². The van der Waals surface area contributed by atoms with Gasteiger partial charge in [0.25, 0.3) is 11.8 Å². The molecule has 0 unspecified atom stereocenters. The van der Waals surface area contributed by atoms with Crippen LogP contribution in [0.3, 0.4) is 0 Å². The number of nitrogens with zero attached hydrogens (tertiary/aromatic N) is 2. The molecule has 6 nitrogen and oxygen atoms in total. The van der Waals surface area contributed by atoms with Crippen molar-refractivity contribution in [1.82, 2.24) is 10.2 Å². The summed E-state index contributed by atoms with van der Waals surface area (Å²) in [6, 6.07) is 16.8. The maximum absolute atomic E-state index is 13.3. The highest BCUT2D eigenvalue weighted by Crippen LogP contribution is 2.44. The molecule has 1 N–H and O–H groups in total. The van der Waals surface area contributed by atoms with Crippen molar-refractivity contribution in [2.75, 3.05) is 18.0 Å². The highest BCUT2D eigenvalue weighted by atomic mass is 32.2. The second-order valence-corrected chi connectivity index (χ2v) is 8.84. The van der Waals surface area contributed by atoms with Gasteiger partial charge in [0.1, 0.15) is 10.9 Å². The molecule has 1 fully saturated rings. The SMILES string of the molecule is CCCN1C(=O)/C(=C2\C(=O)N(CC(=O)NCc3ccccc3)c3ccccc32)SC1=S. The monoisotopic (exact) mass is 451 g/mol. The van der Waals surface area contributed by atoms with E-state index in [2.05, 4.69) is 5.32 Å². The topological polar surface area (TPSA) is 69.7 Å². The molecule has 2 aliphatic heterocycles. The number of fused-ring (bicyclic) bond motifs is 1. The van der Waals surface area contributed by atoms with Crippen molar-refractivity contribution >= 4 is 57.3 Å². The lowest BCUT2D eigenvalue weighted by molar-refractivity contribution is -0.122. The molecule has 2 aromatic carbocycles. The fourth-order valence-corrected chi connectivity index (χ4v) is 5.00. The van der Waals surface area contributed by atoms with Gasteiger partial charge in [-0.1, -0.05) is 79.4 Å². The number of nitrogens with one attached hydrogen (secondary N) is 1. The third kappa shape index (κ3) is 4.13. The molecular formula is C23H21N3O3S2. The molecule has 3 amide bonds. The van der Waals surface area contributed by atoms with Gasteiger partial charge in [0.15, 0.2) is 0 Å². The van der Waals surface area contributed by atoms with Crippen molar-refractivity contribution in [1.29, 1.82) is 0 Å². The quantitative estimate of drug-likeness (QED) is 0.539. The lowest BCUT2D eigenvalue weighted by Gasteiger charge is -2.16. The van der Waals surface area contributed by atoms with E-state index in [9.17, 15) is 14.4 Å². The van der Waals surface area contributed by atoms with E-state index in [1.54, 1.807) is 12.1 Å². The van der Waals surface area contributed by atoms with Gasteiger partial charge in [-0.25, -0.2) is 0 Å². The number of hydrogen-bond donors (Lipinski definition) is 1. The van der Waals surface area contributed by atoms with Gasteiger partial charge < -0.3 is 5.32 Å². The van der Waals surface area contributed by atoms with Crippen LogP contribution in [-0.4, -0.2) is 40.0 Å². The van der Waals surface area contributed by atoms with E-state index in [1.165, 1.54) is 9.80 Å². The van der Waals surface area contributed by atoms with Gasteiger partial charge in [-0.05, 0) is 18.1 Å². The lowest BCUT2D eigenvalue weighted by atomic mass is 10.1. The third-order valence-electron chi connectivity index (χ3n) is 5.08. The highest BCUT2D eigenvalue weighted by Gasteiger charge is 2.42. The van der Waals surface area contributed by atoms with Crippen LogP contribution >= 0.6 is 24.0 Å². The predicted molar refractivity (Wildman–Crippen MR) is 126 cm³/mol. The zero-order valence-electron chi connectivity index (χ0n) is 17.0. The second-order valence-electron chi connectivity index (χ2n) is 7.20. The zero-order valence-corrected chi connectivity index (χ0v) is 18.6. The minimum atomic E-state index is -0.354. The van der Waals surface area contributed by atoms with Gasteiger partial charge in [0.2, 0.25) is 5.91 Å². The third-order valence-corrected chi connectivity index (χ3v) is 6.53. The molecular weight excluding hydrogens is 430 g/mol. The van der Waals surface area contributed by atoms with E-state index in [0.717, 1.165) is 23.7 Å². The van der Waals surface area contributed by atoms with Crippen LogP contribution in [0, 0.1) is 0 Å². The Labute approximate surface area is 190 Å². The number of carbonyl (C=O) groups is 3. The molecule has 2 aromatic rings. The van der Waals surface area contributed by atoms with E-state index in [-0.39, 0.29) is 24.3 Å². The molecule has 2 aliphatic rings. The number of thiocarbonyl (C=S) groups is 1. The summed E-state index contributed by atoms with van der Waals surface area (Å²) in [7, 11) is 0. The Bertz CT molecular complexity index is 1100. The molecule has 2 heterocycles. The van der Waals surface area contributed by atoms with Crippen LogP contribution in [-0.2, 0) is 20.9 Å². The number of amides is 3. The van der Waals surface area contributed by atoms with Gasteiger partial charge in [-0.3, -0.25) is 24.2 Å². The maximum atomic E-state index is 13.3. The molecule has 0 atom stereocenters. The van der Waals surface area contributed by atoms with E-state index in [0.29, 0.717) is 39.1 Å². The van der Waals surface area contributed by atoms with Crippen LogP contribution in [0.25, 0.3) is 5.57 Å². The molecule has 158 valence electrons. The van der Waals surface area contributed by atoms with Crippen LogP contribution in [0.1, 0.15) is 24.5 Å². The average molecular weight is 452 g/mol. The lowest BCUT2D eigenvalue weighted by Crippen LogP contribution is -2.38.